The van der Waals surface area contributed by atoms with Gasteiger partial charge < -0.3 is 37.2 Å². The molecule has 0 saturated carbocycles. The summed E-state index contributed by atoms with van der Waals surface area (Å²) in [5, 5.41) is 26.1. The Morgan fingerprint density at radius 3 is 1.63 bits per heavy atom. The lowest BCUT2D eigenvalue weighted by Gasteiger charge is -2.38. The van der Waals surface area contributed by atoms with Crippen LogP contribution in [0.2, 0.25) is 0 Å². The summed E-state index contributed by atoms with van der Waals surface area (Å²) in [7, 11) is 0. The minimum absolute atomic E-state index is 0.0634. The summed E-state index contributed by atoms with van der Waals surface area (Å²) in [5.41, 5.74) is 2.18. The highest BCUT2D eigenvalue weighted by molar-refractivity contribution is 5.98. The highest BCUT2D eigenvalue weighted by Gasteiger charge is 2.30. The zero-order valence-electron chi connectivity index (χ0n) is 23.4. The lowest BCUT2D eigenvalue weighted by Crippen LogP contribution is -2.64. The molecule has 3 fully saturated rings. The van der Waals surface area contributed by atoms with E-state index in [0.717, 1.165) is 97.1 Å². The average Bonchev–Trinajstić information content (AvgIpc) is 2.92. The van der Waals surface area contributed by atoms with Crippen LogP contribution in [-0.4, -0.2) is 95.6 Å². The van der Waals surface area contributed by atoms with Gasteiger partial charge in [0.2, 0.25) is 0 Å². The van der Waals surface area contributed by atoms with Gasteiger partial charge in [-0.05, 0) is 36.6 Å². The zero-order valence-corrected chi connectivity index (χ0v) is 23.4. The molecule has 0 aromatic heterocycles. The van der Waals surface area contributed by atoms with Crippen LogP contribution in [0.1, 0.15) is 31.4 Å². The van der Waals surface area contributed by atoms with Crippen LogP contribution in [0, 0.1) is 5.41 Å². The van der Waals surface area contributed by atoms with Crippen molar-refractivity contribution in [2.75, 3.05) is 78.5 Å². The minimum Gasteiger partial charge on any atom is -0.315 e. The lowest BCUT2D eigenvalue weighted by atomic mass is 9.84. The van der Waals surface area contributed by atoms with Crippen LogP contribution in [0.15, 0.2) is 36.4 Å². The number of hydrogen-bond donors (Lipinski definition) is 7. The second-order valence-corrected chi connectivity index (χ2v) is 11.0. The molecule has 9 nitrogen and oxygen atoms in total. The van der Waals surface area contributed by atoms with Gasteiger partial charge in [-0.1, -0.05) is 31.2 Å². The number of fused-ring (bicyclic) bond motifs is 15. The molecule has 4 rings (SSSR count). The predicted octanol–water partition coefficient (Wildman–Crippen LogP) is -0.267. The van der Waals surface area contributed by atoms with Gasteiger partial charge in [-0.2, -0.15) is 0 Å². The van der Waals surface area contributed by atoms with Crippen LogP contribution >= 0.6 is 0 Å². The highest BCUT2D eigenvalue weighted by Crippen LogP contribution is 2.19. The van der Waals surface area contributed by atoms with Gasteiger partial charge in [-0.3, -0.25) is 9.59 Å². The standard InChI is InChI=1S/C29H49N7O2/c1-3-28-18-30-10-13-33-21-29(22-34-14-11-31-19-28,23-35-15-12-32-20-28)36-17-26-7-5-25(6-8-26)16-27(38)9-4-24(2)37/h4-9,30-36H,3,10-23H2,1-2H3/b9-4+. The third-order valence-electron chi connectivity index (χ3n) is 7.65. The summed E-state index contributed by atoms with van der Waals surface area (Å²) in [6.45, 7) is 15.6. The van der Waals surface area contributed by atoms with Crippen molar-refractivity contribution < 1.29 is 9.59 Å². The van der Waals surface area contributed by atoms with E-state index >= 15 is 0 Å². The number of rotatable bonds is 8. The smallest absolute Gasteiger partial charge is 0.160 e. The van der Waals surface area contributed by atoms with Gasteiger partial charge in [0.05, 0.1) is 5.54 Å². The van der Waals surface area contributed by atoms with Crippen LogP contribution < -0.4 is 37.2 Å². The molecular formula is C29H49N7O2. The van der Waals surface area contributed by atoms with Crippen molar-refractivity contribution in [1.29, 1.82) is 0 Å². The Morgan fingerprint density at radius 2 is 1.18 bits per heavy atom. The number of ketones is 2. The highest BCUT2D eigenvalue weighted by atomic mass is 16.1. The molecular weight excluding hydrogens is 478 g/mol. The number of benzene rings is 1. The van der Waals surface area contributed by atoms with Crippen molar-refractivity contribution in [2.45, 2.75) is 38.8 Å². The van der Waals surface area contributed by atoms with Crippen LogP contribution in [0.3, 0.4) is 0 Å². The van der Waals surface area contributed by atoms with E-state index in [0.29, 0.717) is 6.42 Å². The molecule has 3 heterocycles. The van der Waals surface area contributed by atoms with Gasteiger partial charge in [0.15, 0.2) is 11.6 Å². The van der Waals surface area contributed by atoms with Gasteiger partial charge >= 0.3 is 0 Å². The minimum atomic E-state index is -0.159. The van der Waals surface area contributed by atoms with Crippen molar-refractivity contribution >= 4 is 11.6 Å². The first-order valence-corrected chi connectivity index (χ1v) is 14.2. The van der Waals surface area contributed by atoms with Gasteiger partial charge in [0.25, 0.3) is 0 Å². The van der Waals surface area contributed by atoms with Crippen molar-refractivity contribution in [3.05, 3.63) is 47.5 Å². The van der Waals surface area contributed by atoms with Crippen LogP contribution in [-0.2, 0) is 22.6 Å². The first-order chi connectivity index (χ1) is 18.4. The van der Waals surface area contributed by atoms with Crippen molar-refractivity contribution in [2.24, 2.45) is 5.41 Å². The molecule has 3 aliphatic rings. The molecule has 9 heteroatoms. The lowest BCUT2D eigenvalue weighted by molar-refractivity contribution is -0.115. The quantitative estimate of drug-likeness (QED) is 0.229. The van der Waals surface area contributed by atoms with Crippen molar-refractivity contribution in [3.63, 3.8) is 0 Å². The van der Waals surface area contributed by atoms with Crippen molar-refractivity contribution in [1.82, 2.24) is 37.2 Å². The Balaban J connectivity index is 1.65. The molecule has 1 aromatic rings. The first-order valence-electron chi connectivity index (χ1n) is 14.2. The molecule has 0 spiro atoms. The molecule has 212 valence electrons. The SMILES string of the molecule is CCC12CNCCNCC(NCc3ccc(CC(=O)/C=C/C(C)=O)cc3)(CNCCNC1)CNCCNC2. The maximum absolute atomic E-state index is 12.1. The molecule has 0 unspecified atom stereocenters. The van der Waals surface area contributed by atoms with Crippen LogP contribution in [0.5, 0.6) is 0 Å². The largest absolute Gasteiger partial charge is 0.315 e. The second kappa shape index (κ2) is 16.2. The summed E-state index contributed by atoms with van der Waals surface area (Å²) in [6.07, 6.45) is 4.13. The Kier molecular flexibility index (Phi) is 13.0. The first kappa shape index (κ1) is 30.6. The molecule has 38 heavy (non-hydrogen) atoms. The monoisotopic (exact) mass is 527 g/mol. The van der Waals surface area contributed by atoms with E-state index in [1.807, 2.05) is 12.1 Å². The summed E-state index contributed by atoms with van der Waals surface area (Å²) < 4.78 is 0. The molecule has 0 atom stereocenters. The third-order valence-corrected chi connectivity index (χ3v) is 7.65. The number of carbonyl (C=O) groups excluding carboxylic acids is 2. The van der Waals surface area contributed by atoms with E-state index in [1.165, 1.54) is 24.6 Å². The molecule has 0 aliphatic carbocycles. The maximum atomic E-state index is 12.1. The van der Waals surface area contributed by atoms with Gasteiger partial charge in [0, 0.05) is 96.9 Å². The Morgan fingerprint density at radius 1 is 0.737 bits per heavy atom. The van der Waals surface area contributed by atoms with Crippen LogP contribution in [0.4, 0.5) is 0 Å². The Hall–Kier alpha value is -1.98. The predicted molar refractivity (Wildman–Crippen MR) is 154 cm³/mol. The number of carbonyl (C=O) groups is 2. The number of nitrogens with one attached hydrogen (secondary N) is 7. The normalized spacial score (nSPS) is 26.6. The maximum Gasteiger partial charge on any atom is 0.160 e. The summed E-state index contributed by atoms with van der Waals surface area (Å²) in [4.78, 5) is 23.1. The fourth-order valence-electron chi connectivity index (χ4n) is 5.05. The van der Waals surface area contributed by atoms with Gasteiger partial charge in [-0.25, -0.2) is 0 Å². The summed E-state index contributed by atoms with van der Waals surface area (Å²) in [5.74, 6) is -0.179. The molecule has 1 aromatic carbocycles. The molecule has 0 amide bonds. The van der Waals surface area contributed by atoms with E-state index in [4.69, 9.17) is 0 Å². The zero-order chi connectivity index (χ0) is 27.1. The molecule has 2 bridgehead atoms. The van der Waals surface area contributed by atoms with Gasteiger partial charge in [-0.15, -0.1) is 0 Å². The average molecular weight is 528 g/mol. The third kappa shape index (κ3) is 10.6. The summed E-state index contributed by atoms with van der Waals surface area (Å²) >= 11 is 0. The molecule has 7 N–H and O–H groups in total. The topological polar surface area (TPSA) is 118 Å². The molecule has 3 saturated heterocycles. The van der Waals surface area contributed by atoms with E-state index in [9.17, 15) is 9.59 Å². The van der Waals surface area contributed by atoms with Crippen molar-refractivity contribution in [3.8, 4) is 0 Å². The Labute approximate surface area is 228 Å². The number of allylic oxidation sites excluding steroid dienone is 2. The number of hydrogen-bond acceptors (Lipinski definition) is 9. The fourth-order valence-corrected chi connectivity index (χ4v) is 5.05. The van der Waals surface area contributed by atoms with Crippen LogP contribution in [0.25, 0.3) is 0 Å². The Bertz CT molecular complexity index is 844. The molecule has 0 radical (unpaired) electrons. The van der Waals surface area contributed by atoms with E-state index in [1.54, 1.807) is 0 Å². The van der Waals surface area contributed by atoms with E-state index < -0.39 is 0 Å². The second-order valence-electron chi connectivity index (χ2n) is 11.0. The van der Waals surface area contributed by atoms with E-state index in [2.05, 4.69) is 56.3 Å². The summed E-state index contributed by atoms with van der Waals surface area (Å²) in [6, 6.07) is 8.17. The van der Waals surface area contributed by atoms with Gasteiger partial charge in [0.1, 0.15) is 0 Å². The molecule has 3 aliphatic heterocycles. The fraction of sp³-hybridized carbons (Fsp3) is 0.655. The van der Waals surface area contributed by atoms with E-state index in [-0.39, 0.29) is 22.5 Å².